The minimum atomic E-state index is -1.12. The number of aromatic nitrogens is 2. The van der Waals surface area contributed by atoms with Crippen molar-refractivity contribution in [1.29, 1.82) is 0 Å². The first-order valence-electron chi connectivity index (χ1n) is 10.8. The van der Waals surface area contributed by atoms with Crippen LogP contribution in [0.2, 0.25) is 0 Å². The molecule has 0 aliphatic rings. The van der Waals surface area contributed by atoms with Crippen LogP contribution in [0.3, 0.4) is 0 Å². The summed E-state index contributed by atoms with van der Waals surface area (Å²) in [6, 6.07) is 19.5. The fourth-order valence-electron chi connectivity index (χ4n) is 3.43. The summed E-state index contributed by atoms with van der Waals surface area (Å²) in [5.74, 6) is -0.471. The number of benzene rings is 2. The van der Waals surface area contributed by atoms with Crippen LogP contribution in [0.4, 0.5) is 16.4 Å². The summed E-state index contributed by atoms with van der Waals surface area (Å²) in [5, 5.41) is 14.1. The number of carboxylic acid groups (broad SMARTS) is 1. The monoisotopic (exact) mass is 508 g/mol. The molecule has 2 N–H and O–H groups in total. The maximum Gasteiger partial charge on any atom is 0.337 e. The van der Waals surface area contributed by atoms with Gasteiger partial charge in [0.05, 0.1) is 23.5 Å². The van der Waals surface area contributed by atoms with Crippen LogP contribution in [0.25, 0.3) is 11.3 Å². The SMILES string of the molecule is CC(C)c1ccc(-c2ccnc(N(Cc3cccs3)C(=O)Nc3ccccc3C(=O)O)n2)cc1.Cl. The van der Waals surface area contributed by atoms with E-state index in [1.807, 2.05) is 29.6 Å². The van der Waals surface area contributed by atoms with Gasteiger partial charge in [-0.05, 0) is 41.1 Å². The molecule has 0 fully saturated rings. The average Bonchev–Trinajstić information content (AvgIpc) is 3.36. The van der Waals surface area contributed by atoms with E-state index in [2.05, 4.69) is 41.3 Å². The quantitative estimate of drug-likeness (QED) is 0.290. The molecule has 0 unspecified atom stereocenters. The van der Waals surface area contributed by atoms with Crippen molar-refractivity contribution in [2.75, 3.05) is 10.2 Å². The molecule has 0 radical (unpaired) electrons. The fraction of sp³-hybridized carbons (Fsp3) is 0.154. The lowest BCUT2D eigenvalue weighted by molar-refractivity contribution is 0.0698. The number of carbonyl (C=O) groups is 2. The van der Waals surface area contributed by atoms with Crippen LogP contribution in [0, 0.1) is 0 Å². The minimum Gasteiger partial charge on any atom is -0.478 e. The van der Waals surface area contributed by atoms with Gasteiger partial charge in [0.2, 0.25) is 5.95 Å². The van der Waals surface area contributed by atoms with Crippen molar-refractivity contribution in [3.8, 4) is 11.3 Å². The number of para-hydroxylation sites is 1. The maximum absolute atomic E-state index is 13.3. The lowest BCUT2D eigenvalue weighted by Gasteiger charge is -2.21. The molecule has 2 aromatic carbocycles. The van der Waals surface area contributed by atoms with E-state index in [0.717, 1.165) is 10.4 Å². The molecule has 0 saturated carbocycles. The maximum atomic E-state index is 13.3. The van der Waals surface area contributed by atoms with Gasteiger partial charge in [-0.25, -0.2) is 19.6 Å². The molecular formula is C26H25ClN4O3S. The van der Waals surface area contributed by atoms with Crippen molar-refractivity contribution in [2.45, 2.75) is 26.3 Å². The van der Waals surface area contributed by atoms with Crippen LogP contribution in [0.1, 0.15) is 40.6 Å². The zero-order valence-corrected chi connectivity index (χ0v) is 20.8. The van der Waals surface area contributed by atoms with E-state index in [4.69, 9.17) is 0 Å². The summed E-state index contributed by atoms with van der Waals surface area (Å²) in [4.78, 5) is 36.3. The van der Waals surface area contributed by atoms with Crippen molar-refractivity contribution >= 4 is 47.4 Å². The number of hydrogen-bond acceptors (Lipinski definition) is 5. The Balaban J connectivity index is 0.00000342. The molecule has 0 aliphatic carbocycles. The highest BCUT2D eigenvalue weighted by atomic mass is 35.5. The Morgan fingerprint density at radius 1 is 1.03 bits per heavy atom. The second kappa shape index (κ2) is 11.6. The van der Waals surface area contributed by atoms with E-state index in [1.54, 1.807) is 30.5 Å². The van der Waals surface area contributed by atoms with E-state index in [-0.39, 0.29) is 36.2 Å². The highest BCUT2D eigenvalue weighted by Gasteiger charge is 2.22. The first kappa shape index (κ1) is 25.9. The number of aromatic carboxylic acids is 1. The molecule has 2 aromatic heterocycles. The third kappa shape index (κ3) is 6.23. The van der Waals surface area contributed by atoms with Gasteiger partial charge in [-0.15, -0.1) is 23.7 Å². The van der Waals surface area contributed by atoms with E-state index in [0.29, 0.717) is 11.6 Å². The third-order valence-electron chi connectivity index (χ3n) is 5.30. The van der Waals surface area contributed by atoms with Crippen molar-refractivity contribution < 1.29 is 14.7 Å². The summed E-state index contributed by atoms with van der Waals surface area (Å²) >= 11 is 1.51. The van der Waals surface area contributed by atoms with Gasteiger partial charge in [0, 0.05) is 16.6 Å². The summed E-state index contributed by atoms with van der Waals surface area (Å²) in [5.41, 5.74) is 3.05. The van der Waals surface area contributed by atoms with Crippen LogP contribution in [-0.4, -0.2) is 27.1 Å². The molecule has 0 bridgehead atoms. The predicted octanol–water partition coefficient (Wildman–Crippen LogP) is 6.69. The Hall–Kier alpha value is -3.75. The summed E-state index contributed by atoms with van der Waals surface area (Å²) in [6.45, 7) is 4.53. The molecule has 9 heteroatoms. The van der Waals surface area contributed by atoms with Gasteiger partial charge in [-0.2, -0.15) is 0 Å². The molecule has 0 saturated heterocycles. The molecule has 4 rings (SSSR count). The molecule has 180 valence electrons. The summed E-state index contributed by atoms with van der Waals surface area (Å²) < 4.78 is 0. The number of nitrogens with one attached hydrogen (secondary N) is 1. The molecule has 2 amide bonds. The number of thiophene rings is 1. The first-order valence-corrected chi connectivity index (χ1v) is 11.7. The van der Waals surface area contributed by atoms with Gasteiger partial charge >= 0.3 is 12.0 Å². The van der Waals surface area contributed by atoms with E-state index in [9.17, 15) is 14.7 Å². The van der Waals surface area contributed by atoms with E-state index >= 15 is 0 Å². The van der Waals surface area contributed by atoms with Crippen LogP contribution < -0.4 is 10.2 Å². The number of nitrogens with zero attached hydrogens (tertiary/aromatic N) is 3. The number of hydrogen-bond donors (Lipinski definition) is 2. The van der Waals surface area contributed by atoms with Crippen LogP contribution >= 0.6 is 23.7 Å². The number of carboxylic acids is 1. The first-order chi connectivity index (χ1) is 16.4. The lowest BCUT2D eigenvalue weighted by Crippen LogP contribution is -2.36. The highest BCUT2D eigenvalue weighted by Crippen LogP contribution is 2.25. The van der Waals surface area contributed by atoms with E-state index < -0.39 is 12.0 Å². The average molecular weight is 509 g/mol. The van der Waals surface area contributed by atoms with Gasteiger partial charge in [-0.1, -0.05) is 56.3 Å². The smallest absolute Gasteiger partial charge is 0.337 e. The van der Waals surface area contributed by atoms with Gasteiger partial charge in [0.25, 0.3) is 0 Å². The number of rotatable bonds is 7. The molecular weight excluding hydrogens is 484 g/mol. The molecule has 0 aliphatic heterocycles. The van der Waals surface area contributed by atoms with E-state index in [1.165, 1.54) is 27.9 Å². The molecule has 4 aromatic rings. The second-order valence-corrected chi connectivity index (χ2v) is 9.00. The minimum absolute atomic E-state index is 0. The zero-order chi connectivity index (χ0) is 24.1. The molecule has 7 nitrogen and oxygen atoms in total. The van der Waals surface area contributed by atoms with Gasteiger partial charge in [0.15, 0.2) is 0 Å². The van der Waals surface area contributed by atoms with Crippen LogP contribution in [-0.2, 0) is 6.54 Å². The third-order valence-corrected chi connectivity index (χ3v) is 6.16. The topological polar surface area (TPSA) is 95.4 Å². The Labute approximate surface area is 213 Å². The zero-order valence-electron chi connectivity index (χ0n) is 19.2. The van der Waals surface area contributed by atoms with Gasteiger partial charge in [-0.3, -0.25) is 4.90 Å². The summed E-state index contributed by atoms with van der Waals surface area (Å²) in [7, 11) is 0. The largest absolute Gasteiger partial charge is 0.478 e. The molecule has 35 heavy (non-hydrogen) atoms. The van der Waals surface area contributed by atoms with Crippen molar-refractivity contribution in [2.24, 2.45) is 0 Å². The number of halogens is 1. The molecule has 2 heterocycles. The predicted molar refractivity (Wildman–Crippen MR) is 142 cm³/mol. The Morgan fingerprint density at radius 2 is 1.77 bits per heavy atom. The fourth-order valence-corrected chi connectivity index (χ4v) is 4.12. The normalized spacial score (nSPS) is 10.5. The van der Waals surface area contributed by atoms with Crippen LogP contribution in [0.15, 0.2) is 78.3 Å². The van der Waals surface area contributed by atoms with Gasteiger partial charge in [0.1, 0.15) is 0 Å². The summed E-state index contributed by atoms with van der Waals surface area (Å²) in [6.07, 6.45) is 1.62. The Bertz CT molecular complexity index is 1290. The highest BCUT2D eigenvalue weighted by molar-refractivity contribution is 7.09. The Kier molecular flexibility index (Phi) is 8.57. The number of carbonyl (C=O) groups excluding carboxylic acids is 1. The molecule has 0 spiro atoms. The van der Waals surface area contributed by atoms with Crippen molar-refractivity contribution in [1.82, 2.24) is 9.97 Å². The number of anilines is 2. The Morgan fingerprint density at radius 3 is 2.43 bits per heavy atom. The molecule has 0 atom stereocenters. The standard InChI is InChI=1S/C26H24N4O3S.ClH/c1-17(2)18-9-11-19(12-10-18)22-13-14-27-25(28-22)30(16-20-6-5-15-34-20)26(33)29-23-8-4-3-7-21(23)24(31)32;/h3-15,17H,16H2,1-2H3,(H,29,33)(H,31,32);1H. The van der Waals surface area contributed by atoms with Crippen LogP contribution in [0.5, 0.6) is 0 Å². The lowest BCUT2D eigenvalue weighted by atomic mass is 10.0. The van der Waals surface area contributed by atoms with Crippen molar-refractivity contribution in [3.05, 3.63) is 94.3 Å². The van der Waals surface area contributed by atoms with Crippen molar-refractivity contribution in [3.63, 3.8) is 0 Å². The number of urea groups is 1. The number of amides is 2. The second-order valence-electron chi connectivity index (χ2n) is 7.96. The van der Waals surface area contributed by atoms with Gasteiger partial charge < -0.3 is 10.4 Å².